The van der Waals surface area contributed by atoms with E-state index < -0.39 is 6.10 Å². The number of nitrogens with zero attached hydrogens (tertiary/aromatic N) is 2. The number of aliphatic hydroxyl groups is 1. The summed E-state index contributed by atoms with van der Waals surface area (Å²) in [6.45, 7) is 6.35. The van der Waals surface area contributed by atoms with Gasteiger partial charge < -0.3 is 14.6 Å². The molecule has 4 heteroatoms. The van der Waals surface area contributed by atoms with E-state index in [1.807, 2.05) is 55.6 Å². The molecule has 0 aliphatic rings. The van der Waals surface area contributed by atoms with Crippen molar-refractivity contribution in [2.75, 3.05) is 20.1 Å². The van der Waals surface area contributed by atoms with E-state index in [4.69, 9.17) is 0 Å². The van der Waals surface area contributed by atoms with Gasteiger partial charge in [0.15, 0.2) is 5.78 Å². The third kappa shape index (κ3) is 5.68. The number of carbonyl (C=O) groups excluding carboxylic acids is 1. The molecule has 1 heterocycles. The SMILES string of the molecule is CCCCN(C)CC(O)Cn1cc(C=CC(=O)c2ccc(C)cc2)c2ccccc21. The smallest absolute Gasteiger partial charge is 0.185 e. The lowest BCUT2D eigenvalue weighted by Crippen LogP contribution is -2.32. The molecular weight excluding hydrogens is 372 g/mol. The molecule has 1 atom stereocenters. The first-order valence-corrected chi connectivity index (χ1v) is 10.7. The predicted molar refractivity (Wildman–Crippen MR) is 125 cm³/mol. The topological polar surface area (TPSA) is 45.5 Å². The highest BCUT2D eigenvalue weighted by molar-refractivity contribution is 6.07. The van der Waals surface area contributed by atoms with Gasteiger partial charge in [0.2, 0.25) is 0 Å². The summed E-state index contributed by atoms with van der Waals surface area (Å²) in [7, 11) is 2.05. The van der Waals surface area contributed by atoms with Crippen LogP contribution in [0, 0.1) is 6.92 Å². The second-order valence-electron chi connectivity index (χ2n) is 8.09. The first kappa shape index (κ1) is 22.0. The normalized spacial score (nSPS) is 12.8. The average Bonchev–Trinajstić information content (AvgIpc) is 3.08. The summed E-state index contributed by atoms with van der Waals surface area (Å²) >= 11 is 0. The Labute approximate surface area is 179 Å². The van der Waals surface area contributed by atoms with Crippen LogP contribution in [-0.4, -0.2) is 46.6 Å². The van der Waals surface area contributed by atoms with E-state index >= 15 is 0 Å². The number of rotatable bonds is 10. The lowest BCUT2D eigenvalue weighted by molar-refractivity contribution is 0.104. The summed E-state index contributed by atoms with van der Waals surface area (Å²) in [6.07, 6.45) is 7.37. The molecule has 0 fully saturated rings. The first-order valence-electron chi connectivity index (χ1n) is 10.7. The van der Waals surface area contributed by atoms with Gasteiger partial charge in [0, 0.05) is 41.3 Å². The molecule has 2 aromatic carbocycles. The fourth-order valence-corrected chi connectivity index (χ4v) is 3.70. The molecular formula is C26H32N2O2. The molecule has 0 aliphatic carbocycles. The molecule has 0 amide bonds. The van der Waals surface area contributed by atoms with Gasteiger partial charge in [-0.1, -0.05) is 61.4 Å². The van der Waals surface area contributed by atoms with Crippen LogP contribution in [0.25, 0.3) is 17.0 Å². The maximum absolute atomic E-state index is 12.5. The Bertz CT molecular complexity index is 1000. The fraction of sp³-hybridized carbons (Fsp3) is 0.346. The predicted octanol–water partition coefficient (Wildman–Crippen LogP) is 4.94. The van der Waals surface area contributed by atoms with Crippen molar-refractivity contribution in [3.05, 3.63) is 77.5 Å². The molecule has 3 aromatic rings. The van der Waals surface area contributed by atoms with Crippen LogP contribution < -0.4 is 0 Å². The highest BCUT2D eigenvalue weighted by Gasteiger charge is 2.13. The second-order valence-corrected chi connectivity index (χ2v) is 8.09. The minimum atomic E-state index is -0.450. The van der Waals surface area contributed by atoms with Crippen molar-refractivity contribution in [1.29, 1.82) is 0 Å². The van der Waals surface area contributed by atoms with Crippen LogP contribution in [0.1, 0.15) is 41.3 Å². The Balaban J connectivity index is 1.76. The number of benzene rings is 2. The molecule has 0 aliphatic heterocycles. The zero-order valence-electron chi connectivity index (χ0n) is 18.2. The Kier molecular flexibility index (Phi) is 7.61. The molecule has 3 rings (SSSR count). The summed E-state index contributed by atoms with van der Waals surface area (Å²) in [6, 6.07) is 15.7. The number of aliphatic hydroxyl groups excluding tert-OH is 1. The number of unbranched alkanes of at least 4 members (excludes halogenated alkanes) is 1. The van der Waals surface area contributed by atoms with Gasteiger partial charge in [-0.15, -0.1) is 0 Å². The second kappa shape index (κ2) is 10.4. The van der Waals surface area contributed by atoms with Crippen LogP contribution in [0.2, 0.25) is 0 Å². The number of likely N-dealkylation sites (N-methyl/N-ethyl adjacent to an activating group) is 1. The van der Waals surface area contributed by atoms with Crippen LogP contribution in [0.5, 0.6) is 0 Å². The number of carbonyl (C=O) groups is 1. The van der Waals surface area contributed by atoms with Crippen LogP contribution in [0.15, 0.2) is 60.8 Å². The number of hydrogen-bond donors (Lipinski definition) is 1. The van der Waals surface area contributed by atoms with Crippen molar-refractivity contribution in [3.63, 3.8) is 0 Å². The van der Waals surface area contributed by atoms with Gasteiger partial charge >= 0.3 is 0 Å². The summed E-state index contributed by atoms with van der Waals surface area (Å²) in [4.78, 5) is 14.7. The molecule has 30 heavy (non-hydrogen) atoms. The van der Waals surface area contributed by atoms with Gasteiger partial charge in [-0.3, -0.25) is 4.79 Å². The lowest BCUT2D eigenvalue weighted by Gasteiger charge is -2.21. The number of para-hydroxylation sites is 1. The monoisotopic (exact) mass is 404 g/mol. The number of fused-ring (bicyclic) bond motifs is 1. The quantitative estimate of drug-likeness (QED) is 0.385. The largest absolute Gasteiger partial charge is 0.390 e. The summed E-state index contributed by atoms with van der Waals surface area (Å²) in [5.41, 5.74) is 3.87. The van der Waals surface area contributed by atoms with Gasteiger partial charge in [0.05, 0.1) is 6.10 Å². The molecule has 4 nitrogen and oxygen atoms in total. The van der Waals surface area contributed by atoms with Crippen molar-refractivity contribution in [1.82, 2.24) is 9.47 Å². The Morgan fingerprint density at radius 3 is 2.63 bits per heavy atom. The van der Waals surface area contributed by atoms with E-state index in [2.05, 4.69) is 35.6 Å². The van der Waals surface area contributed by atoms with Gasteiger partial charge in [-0.2, -0.15) is 0 Å². The molecule has 1 unspecified atom stereocenters. The molecule has 0 saturated heterocycles. The molecule has 0 spiro atoms. The number of aryl methyl sites for hydroxylation is 1. The van der Waals surface area contributed by atoms with Crippen LogP contribution in [0.3, 0.4) is 0 Å². The van der Waals surface area contributed by atoms with Gasteiger partial charge in [0.1, 0.15) is 0 Å². The number of hydrogen-bond acceptors (Lipinski definition) is 3. The maximum atomic E-state index is 12.5. The fourth-order valence-electron chi connectivity index (χ4n) is 3.70. The zero-order valence-corrected chi connectivity index (χ0v) is 18.2. The molecule has 0 bridgehead atoms. The standard InChI is InChI=1S/C26H32N2O2/c1-4-5-16-27(3)18-23(29)19-28-17-22(24-8-6-7-9-25(24)28)14-15-26(30)21-12-10-20(2)11-13-21/h6-15,17,23,29H,4-5,16,18-19H2,1-3H3. The molecule has 1 aromatic heterocycles. The lowest BCUT2D eigenvalue weighted by atomic mass is 10.1. The van der Waals surface area contributed by atoms with Gasteiger partial charge in [-0.05, 0) is 45.2 Å². The highest BCUT2D eigenvalue weighted by atomic mass is 16.3. The molecule has 0 radical (unpaired) electrons. The van der Waals surface area contributed by atoms with E-state index in [1.165, 1.54) is 0 Å². The molecule has 0 saturated carbocycles. The minimum absolute atomic E-state index is 0.00980. The van der Waals surface area contributed by atoms with Gasteiger partial charge in [-0.25, -0.2) is 0 Å². The highest BCUT2D eigenvalue weighted by Crippen LogP contribution is 2.23. The summed E-state index contributed by atoms with van der Waals surface area (Å²) in [5, 5.41) is 11.7. The molecule has 158 valence electrons. The zero-order chi connectivity index (χ0) is 21.5. The summed E-state index contributed by atoms with van der Waals surface area (Å²) < 4.78 is 2.09. The maximum Gasteiger partial charge on any atom is 0.185 e. The van der Waals surface area contributed by atoms with Crippen molar-refractivity contribution in [2.45, 2.75) is 39.3 Å². The Morgan fingerprint density at radius 2 is 1.90 bits per heavy atom. The van der Waals surface area contributed by atoms with Crippen molar-refractivity contribution < 1.29 is 9.90 Å². The Hall–Kier alpha value is -2.69. The third-order valence-corrected chi connectivity index (χ3v) is 5.39. The Morgan fingerprint density at radius 1 is 1.17 bits per heavy atom. The van der Waals surface area contributed by atoms with Crippen LogP contribution >= 0.6 is 0 Å². The first-order chi connectivity index (χ1) is 14.5. The number of allylic oxidation sites excluding steroid dienone is 1. The van der Waals surface area contributed by atoms with E-state index in [0.29, 0.717) is 18.7 Å². The average molecular weight is 405 g/mol. The van der Waals surface area contributed by atoms with E-state index in [0.717, 1.165) is 41.4 Å². The summed E-state index contributed by atoms with van der Waals surface area (Å²) in [5.74, 6) is -0.00980. The minimum Gasteiger partial charge on any atom is -0.390 e. The van der Waals surface area contributed by atoms with E-state index in [-0.39, 0.29) is 5.78 Å². The van der Waals surface area contributed by atoms with Crippen molar-refractivity contribution in [2.24, 2.45) is 0 Å². The van der Waals surface area contributed by atoms with Crippen LogP contribution in [0.4, 0.5) is 0 Å². The third-order valence-electron chi connectivity index (χ3n) is 5.39. The van der Waals surface area contributed by atoms with Crippen LogP contribution in [-0.2, 0) is 6.54 Å². The van der Waals surface area contributed by atoms with Crippen molar-refractivity contribution in [3.8, 4) is 0 Å². The number of aromatic nitrogens is 1. The molecule has 1 N–H and O–H groups in total. The van der Waals surface area contributed by atoms with Crippen molar-refractivity contribution >= 4 is 22.8 Å². The number of ketones is 1. The van der Waals surface area contributed by atoms with E-state index in [1.54, 1.807) is 6.08 Å². The van der Waals surface area contributed by atoms with E-state index in [9.17, 15) is 9.90 Å². The van der Waals surface area contributed by atoms with Gasteiger partial charge in [0.25, 0.3) is 0 Å².